The number of phosphoric acid groups is 1. The maximum atomic E-state index is 12.8. The molecule has 2 unspecified atom stereocenters. The van der Waals surface area contributed by atoms with Gasteiger partial charge in [0.05, 0.1) is 27.7 Å². The molecule has 0 N–H and O–H groups in total. The number of hydrogen-bond donors (Lipinski definition) is 0. The predicted molar refractivity (Wildman–Crippen MR) is 305 cm³/mol. The monoisotopic (exact) mass is 1030 g/mol. The number of rotatable bonds is 54. The summed E-state index contributed by atoms with van der Waals surface area (Å²) in [7, 11) is 1.15. The Bertz CT molecular complexity index is 1450. The van der Waals surface area contributed by atoms with E-state index in [9.17, 15) is 19.0 Å². The van der Waals surface area contributed by atoms with Crippen molar-refractivity contribution in [3.63, 3.8) is 0 Å². The molecule has 0 amide bonds. The Labute approximate surface area is 444 Å². The molecule has 0 aliphatic rings. The van der Waals surface area contributed by atoms with Crippen molar-refractivity contribution < 1.29 is 42.1 Å². The molecule has 72 heavy (non-hydrogen) atoms. The molecule has 0 heterocycles. The highest BCUT2D eigenvalue weighted by atomic mass is 31.2. The van der Waals surface area contributed by atoms with Gasteiger partial charge in [0.1, 0.15) is 19.8 Å². The number of unbranched alkanes of at least 4 members (excludes halogenated alkanes) is 28. The number of quaternary nitrogens is 1. The Hall–Kier alpha value is -2.55. The average molecular weight is 1030 g/mol. The molecule has 0 aliphatic carbocycles. The average Bonchev–Trinajstić information content (AvgIpc) is 3.34. The lowest BCUT2D eigenvalue weighted by molar-refractivity contribution is -0.870. The van der Waals surface area contributed by atoms with Crippen LogP contribution in [0.3, 0.4) is 0 Å². The van der Waals surface area contributed by atoms with Gasteiger partial charge in [0.2, 0.25) is 0 Å². The van der Waals surface area contributed by atoms with Crippen molar-refractivity contribution in [2.24, 2.45) is 0 Å². The van der Waals surface area contributed by atoms with Crippen molar-refractivity contribution >= 4 is 19.8 Å². The summed E-state index contributed by atoms with van der Waals surface area (Å²) in [5, 5.41) is 0. The first kappa shape index (κ1) is 69.5. The van der Waals surface area contributed by atoms with E-state index in [2.05, 4.69) is 86.8 Å². The van der Waals surface area contributed by atoms with Crippen LogP contribution in [0.4, 0.5) is 0 Å². The highest BCUT2D eigenvalue weighted by molar-refractivity contribution is 7.45. The summed E-state index contributed by atoms with van der Waals surface area (Å²) in [6, 6.07) is 0. The highest BCUT2D eigenvalue weighted by Crippen LogP contribution is 2.38. The molecule has 0 spiro atoms. The van der Waals surface area contributed by atoms with Crippen LogP contribution in [0, 0.1) is 0 Å². The van der Waals surface area contributed by atoms with Crippen molar-refractivity contribution in [3.05, 3.63) is 72.9 Å². The van der Waals surface area contributed by atoms with E-state index in [0.29, 0.717) is 17.4 Å². The zero-order valence-corrected chi connectivity index (χ0v) is 48.3. The molecule has 0 aromatic rings. The second kappa shape index (κ2) is 53.3. The molecule has 0 aliphatic heterocycles. The van der Waals surface area contributed by atoms with E-state index in [1.807, 2.05) is 21.1 Å². The van der Waals surface area contributed by atoms with Gasteiger partial charge in [-0.1, -0.05) is 254 Å². The van der Waals surface area contributed by atoms with Gasteiger partial charge in [-0.2, -0.15) is 0 Å². The van der Waals surface area contributed by atoms with Crippen molar-refractivity contribution in [1.29, 1.82) is 0 Å². The Morgan fingerprint density at radius 1 is 0.444 bits per heavy atom. The van der Waals surface area contributed by atoms with E-state index < -0.39 is 26.5 Å². The van der Waals surface area contributed by atoms with E-state index in [4.69, 9.17) is 18.5 Å². The summed E-state index contributed by atoms with van der Waals surface area (Å²) in [5.41, 5.74) is 0. The smallest absolute Gasteiger partial charge is 0.306 e. The van der Waals surface area contributed by atoms with Gasteiger partial charge in [-0.15, -0.1) is 0 Å². The van der Waals surface area contributed by atoms with Crippen LogP contribution >= 0.6 is 7.82 Å². The zero-order chi connectivity index (χ0) is 52.7. The first-order valence-electron chi connectivity index (χ1n) is 29.6. The molecule has 0 aromatic carbocycles. The number of allylic oxidation sites excluding steroid dienone is 12. The van der Waals surface area contributed by atoms with Crippen LogP contribution in [0.5, 0.6) is 0 Å². The minimum Gasteiger partial charge on any atom is -0.756 e. The minimum absolute atomic E-state index is 0.0359. The standard InChI is InChI=1S/C62H112NO8P/c1-6-8-10-12-14-16-18-20-22-24-26-28-30-31-33-35-37-39-41-43-45-47-49-51-53-55-62(65)71-60(59-70-72(66,67)69-57-56-63(3,4)5)58-68-61(64)54-52-50-48-46-44-42-40-38-36-34-32-29-27-25-23-21-19-17-15-13-11-9-7-2/h8,10,14,16,20,22,26,28,31,33,37,39,60H,6-7,9,11-13,15,17-19,21,23-25,27,29-30,32,34-36,38,40-59H2,1-5H3/b10-8-,16-14-,22-20-,28-26-,33-31-,39-37-. The van der Waals surface area contributed by atoms with Crippen molar-refractivity contribution in [3.8, 4) is 0 Å². The molecule has 0 saturated carbocycles. The quantitative estimate of drug-likeness (QED) is 0.0195. The second-order valence-electron chi connectivity index (χ2n) is 21.0. The largest absolute Gasteiger partial charge is 0.756 e. The van der Waals surface area contributed by atoms with Crippen LogP contribution in [0.15, 0.2) is 72.9 Å². The van der Waals surface area contributed by atoms with Gasteiger partial charge in [-0.25, -0.2) is 0 Å². The number of esters is 2. The van der Waals surface area contributed by atoms with Crippen LogP contribution in [0.25, 0.3) is 0 Å². The maximum absolute atomic E-state index is 12.8. The summed E-state index contributed by atoms with van der Waals surface area (Å²) in [4.78, 5) is 37.9. The van der Waals surface area contributed by atoms with E-state index in [1.165, 1.54) is 128 Å². The fraction of sp³-hybridized carbons (Fsp3) is 0.774. The number of carbonyl (C=O) groups is 2. The number of likely N-dealkylation sites (N-methyl/N-ethyl adjacent to an activating group) is 1. The molecule has 0 fully saturated rings. The summed E-state index contributed by atoms with van der Waals surface area (Å²) < 4.78 is 34.2. The third-order valence-corrected chi connectivity index (χ3v) is 13.7. The van der Waals surface area contributed by atoms with Crippen molar-refractivity contribution in [2.75, 3.05) is 47.5 Å². The first-order chi connectivity index (χ1) is 35.0. The summed E-state index contributed by atoms with van der Waals surface area (Å²) in [6.45, 7) is 4.13. The number of hydrogen-bond acceptors (Lipinski definition) is 8. The van der Waals surface area contributed by atoms with Crippen LogP contribution in [0.2, 0.25) is 0 Å². The Morgan fingerprint density at radius 2 is 0.792 bits per heavy atom. The van der Waals surface area contributed by atoms with Gasteiger partial charge < -0.3 is 27.9 Å². The Balaban J connectivity index is 4.19. The molecule has 0 radical (unpaired) electrons. The molecular formula is C62H112NO8P. The zero-order valence-electron chi connectivity index (χ0n) is 47.4. The molecule has 0 rings (SSSR count). The maximum Gasteiger partial charge on any atom is 0.306 e. The second-order valence-corrected chi connectivity index (χ2v) is 22.4. The van der Waals surface area contributed by atoms with Crippen molar-refractivity contribution in [1.82, 2.24) is 0 Å². The topological polar surface area (TPSA) is 111 Å². The molecule has 0 bridgehead atoms. The summed E-state index contributed by atoms with van der Waals surface area (Å²) >= 11 is 0. The van der Waals surface area contributed by atoms with E-state index in [-0.39, 0.29) is 32.0 Å². The molecular weight excluding hydrogens is 918 g/mol. The minimum atomic E-state index is -4.64. The van der Waals surface area contributed by atoms with Crippen LogP contribution in [-0.2, 0) is 32.7 Å². The molecule has 9 nitrogen and oxygen atoms in total. The van der Waals surface area contributed by atoms with Crippen LogP contribution < -0.4 is 4.89 Å². The van der Waals surface area contributed by atoms with Crippen LogP contribution in [0.1, 0.15) is 258 Å². The van der Waals surface area contributed by atoms with Crippen molar-refractivity contribution in [2.45, 2.75) is 264 Å². The Morgan fingerprint density at radius 3 is 1.18 bits per heavy atom. The summed E-state index contributed by atoms with van der Waals surface area (Å²) in [6.07, 6.45) is 69.5. The van der Waals surface area contributed by atoms with Crippen LogP contribution in [-0.4, -0.2) is 70.0 Å². The summed E-state index contributed by atoms with van der Waals surface area (Å²) in [5.74, 6) is -0.844. The number of ether oxygens (including phenoxy) is 2. The normalized spacial score (nSPS) is 13.8. The molecule has 10 heteroatoms. The van der Waals surface area contributed by atoms with Gasteiger partial charge >= 0.3 is 11.9 Å². The van der Waals surface area contributed by atoms with Gasteiger partial charge in [0.15, 0.2) is 6.10 Å². The van der Waals surface area contributed by atoms with Gasteiger partial charge in [0, 0.05) is 12.8 Å². The molecule has 0 aromatic heterocycles. The molecule has 0 saturated heterocycles. The first-order valence-corrected chi connectivity index (χ1v) is 31.1. The number of nitrogens with zero attached hydrogens (tertiary/aromatic N) is 1. The van der Waals surface area contributed by atoms with E-state index in [1.54, 1.807) is 0 Å². The SMILES string of the molecule is CC/C=C\C/C=C\C/C=C\C/C=C\C/C=C\C/C=C\CCCCCCCCC(=O)OC(COC(=O)CCCCCCCCCCCCCCCCCCCCCCCCC)COP(=O)([O-])OCC[N+](C)(C)C. The van der Waals surface area contributed by atoms with E-state index in [0.717, 1.165) is 96.3 Å². The lowest BCUT2D eigenvalue weighted by Crippen LogP contribution is -2.37. The third kappa shape index (κ3) is 56.7. The fourth-order valence-corrected chi connectivity index (χ4v) is 8.92. The number of carbonyl (C=O) groups excluding carboxylic acids is 2. The van der Waals surface area contributed by atoms with Gasteiger partial charge in [0.25, 0.3) is 7.82 Å². The molecule has 418 valence electrons. The predicted octanol–water partition coefficient (Wildman–Crippen LogP) is 17.8. The Kier molecular flexibility index (Phi) is 51.4. The fourth-order valence-electron chi connectivity index (χ4n) is 8.19. The lowest BCUT2D eigenvalue weighted by Gasteiger charge is -2.28. The van der Waals surface area contributed by atoms with Gasteiger partial charge in [-0.05, 0) is 64.2 Å². The van der Waals surface area contributed by atoms with E-state index >= 15 is 0 Å². The number of phosphoric ester groups is 1. The molecule has 2 atom stereocenters. The lowest BCUT2D eigenvalue weighted by atomic mass is 10.0. The van der Waals surface area contributed by atoms with Gasteiger partial charge in [-0.3, -0.25) is 14.2 Å². The highest BCUT2D eigenvalue weighted by Gasteiger charge is 2.22. The third-order valence-electron chi connectivity index (χ3n) is 12.7.